The predicted octanol–water partition coefficient (Wildman–Crippen LogP) is 2.15. The highest BCUT2D eigenvalue weighted by atomic mass is 16.3. The first-order chi connectivity index (χ1) is 7.76. The molecule has 0 saturated carbocycles. The number of hydrogen-bond donors (Lipinski definition) is 1. The topological polar surface area (TPSA) is 42.2 Å². The Kier molecular flexibility index (Phi) is 2.09. The van der Waals surface area contributed by atoms with Crippen molar-refractivity contribution >= 4 is 5.91 Å². The van der Waals surface area contributed by atoms with E-state index >= 15 is 0 Å². The molecule has 1 aliphatic carbocycles. The van der Waals surface area contributed by atoms with E-state index in [-0.39, 0.29) is 17.4 Å². The molecule has 2 aliphatic rings. The van der Waals surface area contributed by atoms with Gasteiger partial charge in [-0.05, 0) is 25.3 Å². The van der Waals surface area contributed by atoms with Crippen LogP contribution in [-0.2, 0) is 16.6 Å². The molecule has 0 radical (unpaired) electrons. The van der Waals surface area contributed by atoms with E-state index in [1.165, 1.54) is 5.56 Å². The SMILES string of the molecule is CCC1NC(=O)CC12CCCc1occc12. The second-order valence-electron chi connectivity index (χ2n) is 4.97. The molecule has 2 heterocycles. The molecule has 1 N–H and O–H groups in total. The normalized spacial score (nSPS) is 32.8. The molecule has 1 aliphatic heterocycles. The van der Waals surface area contributed by atoms with Crippen LogP contribution in [0.1, 0.15) is 43.9 Å². The Bertz CT molecular complexity index is 423. The number of carbonyl (C=O) groups excluding carboxylic acids is 1. The van der Waals surface area contributed by atoms with Crippen LogP contribution in [0.15, 0.2) is 16.7 Å². The van der Waals surface area contributed by atoms with Crippen molar-refractivity contribution in [2.24, 2.45) is 0 Å². The molecule has 2 unspecified atom stereocenters. The minimum Gasteiger partial charge on any atom is -0.469 e. The Hall–Kier alpha value is -1.25. The standard InChI is InChI=1S/C13H17NO2/c1-2-11-13(8-12(15)14-11)6-3-4-10-9(13)5-7-16-10/h5,7,11H,2-4,6,8H2,1H3,(H,14,15). The summed E-state index contributed by atoms with van der Waals surface area (Å²) in [6.45, 7) is 2.15. The molecule has 86 valence electrons. The van der Waals surface area contributed by atoms with E-state index in [0.717, 1.165) is 31.4 Å². The van der Waals surface area contributed by atoms with Gasteiger partial charge in [-0.2, -0.15) is 0 Å². The Morgan fingerprint density at radius 1 is 1.62 bits per heavy atom. The molecule has 3 heteroatoms. The Morgan fingerprint density at radius 3 is 3.31 bits per heavy atom. The number of carbonyl (C=O) groups is 1. The highest BCUT2D eigenvalue weighted by Gasteiger charge is 2.49. The average molecular weight is 219 g/mol. The first-order valence-electron chi connectivity index (χ1n) is 6.12. The van der Waals surface area contributed by atoms with Gasteiger partial charge >= 0.3 is 0 Å². The molecule has 1 fully saturated rings. The lowest BCUT2D eigenvalue weighted by Crippen LogP contribution is -2.42. The highest BCUT2D eigenvalue weighted by Crippen LogP contribution is 2.46. The molecular weight excluding hydrogens is 202 g/mol. The van der Waals surface area contributed by atoms with Gasteiger partial charge in [0.1, 0.15) is 5.76 Å². The molecule has 16 heavy (non-hydrogen) atoms. The molecule has 3 rings (SSSR count). The number of nitrogens with one attached hydrogen (secondary N) is 1. The first kappa shape index (κ1) is 9.94. The molecule has 3 nitrogen and oxygen atoms in total. The Morgan fingerprint density at radius 2 is 2.50 bits per heavy atom. The number of rotatable bonds is 1. The zero-order valence-corrected chi connectivity index (χ0v) is 9.58. The van der Waals surface area contributed by atoms with Crippen molar-refractivity contribution < 1.29 is 9.21 Å². The van der Waals surface area contributed by atoms with Gasteiger partial charge in [-0.15, -0.1) is 0 Å². The molecule has 1 amide bonds. The molecule has 2 atom stereocenters. The minimum atomic E-state index is 0.0203. The van der Waals surface area contributed by atoms with Crippen molar-refractivity contribution in [1.82, 2.24) is 5.32 Å². The molecule has 0 bridgehead atoms. The second-order valence-corrected chi connectivity index (χ2v) is 4.97. The summed E-state index contributed by atoms with van der Waals surface area (Å²) in [4.78, 5) is 11.7. The number of aryl methyl sites for hydroxylation is 1. The molecule has 1 spiro atoms. The van der Waals surface area contributed by atoms with Crippen LogP contribution in [0, 0.1) is 0 Å². The monoisotopic (exact) mass is 219 g/mol. The Balaban J connectivity index is 2.09. The van der Waals surface area contributed by atoms with E-state index in [4.69, 9.17) is 4.42 Å². The predicted molar refractivity (Wildman–Crippen MR) is 60.2 cm³/mol. The smallest absolute Gasteiger partial charge is 0.221 e. The first-order valence-corrected chi connectivity index (χ1v) is 6.12. The van der Waals surface area contributed by atoms with Crippen LogP contribution in [0.2, 0.25) is 0 Å². The second kappa shape index (κ2) is 3.37. The summed E-state index contributed by atoms with van der Waals surface area (Å²) in [5.41, 5.74) is 1.30. The third-order valence-electron chi connectivity index (χ3n) is 4.20. The van der Waals surface area contributed by atoms with Crippen molar-refractivity contribution in [2.75, 3.05) is 0 Å². The molecule has 1 aromatic rings. The van der Waals surface area contributed by atoms with Crippen molar-refractivity contribution in [2.45, 2.75) is 50.5 Å². The van der Waals surface area contributed by atoms with Gasteiger partial charge in [-0.1, -0.05) is 6.92 Å². The zero-order valence-electron chi connectivity index (χ0n) is 9.58. The van der Waals surface area contributed by atoms with Gasteiger partial charge in [0.25, 0.3) is 0 Å². The van der Waals surface area contributed by atoms with Gasteiger partial charge in [0.05, 0.1) is 6.26 Å². The van der Waals surface area contributed by atoms with E-state index in [1.54, 1.807) is 6.26 Å². The maximum Gasteiger partial charge on any atom is 0.221 e. The van der Waals surface area contributed by atoms with Crippen LogP contribution in [0.4, 0.5) is 0 Å². The fourth-order valence-corrected chi connectivity index (χ4v) is 3.51. The summed E-state index contributed by atoms with van der Waals surface area (Å²) >= 11 is 0. The van der Waals surface area contributed by atoms with Gasteiger partial charge in [0.15, 0.2) is 0 Å². The lowest BCUT2D eigenvalue weighted by atomic mass is 9.67. The van der Waals surface area contributed by atoms with E-state index in [2.05, 4.69) is 18.3 Å². The van der Waals surface area contributed by atoms with Crippen LogP contribution in [0.3, 0.4) is 0 Å². The molecule has 0 aromatic carbocycles. The fraction of sp³-hybridized carbons (Fsp3) is 0.615. The lowest BCUT2D eigenvalue weighted by molar-refractivity contribution is -0.119. The van der Waals surface area contributed by atoms with E-state index in [1.807, 2.05) is 0 Å². The van der Waals surface area contributed by atoms with Crippen molar-refractivity contribution in [3.63, 3.8) is 0 Å². The maximum absolute atomic E-state index is 11.7. The van der Waals surface area contributed by atoms with Crippen LogP contribution >= 0.6 is 0 Å². The van der Waals surface area contributed by atoms with Crippen LogP contribution < -0.4 is 5.32 Å². The number of amides is 1. The van der Waals surface area contributed by atoms with E-state index in [0.29, 0.717) is 6.42 Å². The van der Waals surface area contributed by atoms with Crippen molar-refractivity contribution in [3.05, 3.63) is 23.7 Å². The largest absolute Gasteiger partial charge is 0.469 e. The third kappa shape index (κ3) is 1.17. The quantitative estimate of drug-likeness (QED) is 0.786. The van der Waals surface area contributed by atoms with Gasteiger partial charge in [-0.25, -0.2) is 0 Å². The summed E-state index contributed by atoms with van der Waals surface area (Å²) in [5.74, 6) is 1.29. The summed E-state index contributed by atoms with van der Waals surface area (Å²) in [6.07, 6.45) is 6.67. The van der Waals surface area contributed by atoms with Gasteiger partial charge in [0, 0.05) is 29.9 Å². The Labute approximate surface area is 95.2 Å². The number of fused-ring (bicyclic) bond motifs is 2. The van der Waals surface area contributed by atoms with Crippen LogP contribution in [0.5, 0.6) is 0 Å². The van der Waals surface area contributed by atoms with E-state index in [9.17, 15) is 4.79 Å². The van der Waals surface area contributed by atoms with E-state index < -0.39 is 0 Å². The lowest BCUT2D eigenvalue weighted by Gasteiger charge is -2.36. The average Bonchev–Trinajstić information content (AvgIpc) is 2.85. The summed E-state index contributed by atoms with van der Waals surface area (Å²) in [7, 11) is 0. The number of hydrogen-bond acceptors (Lipinski definition) is 2. The van der Waals surface area contributed by atoms with Crippen molar-refractivity contribution in [3.8, 4) is 0 Å². The summed E-state index contributed by atoms with van der Waals surface area (Å²) < 4.78 is 5.53. The van der Waals surface area contributed by atoms with Crippen molar-refractivity contribution in [1.29, 1.82) is 0 Å². The van der Waals surface area contributed by atoms with Crippen LogP contribution in [-0.4, -0.2) is 11.9 Å². The van der Waals surface area contributed by atoms with Gasteiger partial charge in [-0.3, -0.25) is 4.79 Å². The molecule has 1 saturated heterocycles. The summed E-state index contributed by atoms with van der Waals surface area (Å²) in [6, 6.07) is 2.36. The fourth-order valence-electron chi connectivity index (χ4n) is 3.51. The maximum atomic E-state index is 11.7. The third-order valence-corrected chi connectivity index (χ3v) is 4.20. The molecule has 1 aromatic heterocycles. The summed E-state index contributed by atoms with van der Waals surface area (Å²) in [5, 5.41) is 3.11. The van der Waals surface area contributed by atoms with Gasteiger partial charge < -0.3 is 9.73 Å². The molecular formula is C13H17NO2. The number of furan rings is 1. The zero-order chi connectivity index (χ0) is 11.2. The highest BCUT2D eigenvalue weighted by molar-refractivity contribution is 5.81. The minimum absolute atomic E-state index is 0.0203. The van der Waals surface area contributed by atoms with Gasteiger partial charge in [0.2, 0.25) is 5.91 Å². The van der Waals surface area contributed by atoms with Crippen LogP contribution in [0.25, 0.3) is 0 Å².